The molecule has 2 atom stereocenters. The van der Waals surface area contributed by atoms with Crippen molar-refractivity contribution in [2.45, 2.75) is 57.0 Å². The predicted octanol–water partition coefficient (Wildman–Crippen LogP) is 0.121. The average molecular weight is 372 g/mol. The van der Waals surface area contributed by atoms with Gasteiger partial charge in [-0.2, -0.15) is 0 Å². The SMILES string of the molecule is O=C(O)C(F)ONC(=O)N1CC2(CC[C@H]1C(=O)NC1CCNCC1)CC2. The Bertz CT molecular complexity index is 565. The van der Waals surface area contributed by atoms with E-state index in [9.17, 15) is 18.8 Å². The quantitative estimate of drug-likeness (QED) is 0.509. The summed E-state index contributed by atoms with van der Waals surface area (Å²) in [5.41, 5.74) is 1.86. The summed E-state index contributed by atoms with van der Waals surface area (Å²) in [4.78, 5) is 41.1. The number of hydrogen-bond acceptors (Lipinski definition) is 5. The van der Waals surface area contributed by atoms with Gasteiger partial charge in [-0.1, -0.05) is 0 Å². The molecule has 9 nitrogen and oxygen atoms in total. The number of urea groups is 1. The van der Waals surface area contributed by atoms with Crippen LogP contribution in [0.15, 0.2) is 0 Å². The molecule has 146 valence electrons. The first kappa shape index (κ1) is 18.8. The number of piperidine rings is 2. The topological polar surface area (TPSA) is 120 Å². The second-order valence-electron chi connectivity index (χ2n) is 7.39. The Morgan fingerprint density at radius 1 is 1.19 bits per heavy atom. The number of nitrogens with zero attached hydrogens (tertiary/aromatic N) is 1. The van der Waals surface area contributed by atoms with Crippen LogP contribution in [0.5, 0.6) is 0 Å². The summed E-state index contributed by atoms with van der Waals surface area (Å²) >= 11 is 0. The fraction of sp³-hybridized carbons (Fsp3) is 0.812. The number of rotatable bonds is 5. The van der Waals surface area contributed by atoms with Gasteiger partial charge in [0, 0.05) is 12.6 Å². The van der Waals surface area contributed by atoms with Gasteiger partial charge in [-0.25, -0.2) is 24.3 Å². The van der Waals surface area contributed by atoms with Crippen LogP contribution in [0.4, 0.5) is 9.18 Å². The molecular formula is C16H25FN4O5. The van der Waals surface area contributed by atoms with Gasteiger partial charge in [0.25, 0.3) is 0 Å². The Hall–Kier alpha value is -1.94. The van der Waals surface area contributed by atoms with E-state index in [1.807, 2.05) is 5.48 Å². The smallest absolute Gasteiger partial charge is 0.368 e. The van der Waals surface area contributed by atoms with Crippen LogP contribution in [-0.4, -0.2) is 66.0 Å². The van der Waals surface area contributed by atoms with Crippen molar-refractivity contribution in [1.29, 1.82) is 0 Å². The first-order valence-corrected chi connectivity index (χ1v) is 9.00. The molecule has 4 N–H and O–H groups in total. The second-order valence-corrected chi connectivity index (χ2v) is 7.39. The first-order chi connectivity index (χ1) is 12.4. The van der Waals surface area contributed by atoms with Gasteiger partial charge in [-0.05, 0) is 57.0 Å². The third-order valence-corrected chi connectivity index (χ3v) is 5.48. The van der Waals surface area contributed by atoms with Gasteiger partial charge in [0.2, 0.25) is 5.91 Å². The van der Waals surface area contributed by atoms with Crippen LogP contribution in [0, 0.1) is 5.41 Å². The molecule has 3 amide bonds. The summed E-state index contributed by atoms with van der Waals surface area (Å²) in [6, 6.07) is -1.38. The molecule has 1 aliphatic carbocycles. The molecule has 0 radical (unpaired) electrons. The van der Waals surface area contributed by atoms with Crippen molar-refractivity contribution in [2.75, 3.05) is 19.6 Å². The van der Waals surface area contributed by atoms with Crippen LogP contribution in [0.3, 0.4) is 0 Å². The molecule has 3 rings (SSSR count). The van der Waals surface area contributed by atoms with E-state index in [1.165, 1.54) is 4.90 Å². The zero-order valence-electron chi connectivity index (χ0n) is 14.5. The molecule has 0 bridgehead atoms. The second kappa shape index (κ2) is 7.75. The highest BCUT2D eigenvalue weighted by Crippen LogP contribution is 2.53. The molecule has 3 fully saturated rings. The number of halogens is 1. The Labute approximate surface area is 150 Å². The minimum atomic E-state index is -2.65. The lowest BCUT2D eigenvalue weighted by Gasteiger charge is -2.39. The van der Waals surface area contributed by atoms with Crippen molar-refractivity contribution in [1.82, 2.24) is 21.0 Å². The number of hydrogen-bond donors (Lipinski definition) is 4. The summed E-state index contributed by atoms with van der Waals surface area (Å²) in [6.45, 7) is 2.06. The molecule has 0 aromatic heterocycles. The van der Waals surface area contributed by atoms with Gasteiger partial charge in [0.05, 0.1) is 0 Å². The molecule has 26 heavy (non-hydrogen) atoms. The summed E-state index contributed by atoms with van der Waals surface area (Å²) < 4.78 is 13.0. The van der Waals surface area contributed by atoms with Crippen LogP contribution in [0.1, 0.15) is 38.5 Å². The normalized spacial score (nSPS) is 26.2. The lowest BCUT2D eigenvalue weighted by atomic mass is 9.89. The van der Waals surface area contributed by atoms with E-state index in [-0.39, 0.29) is 17.4 Å². The summed E-state index contributed by atoms with van der Waals surface area (Å²) in [5, 5.41) is 14.7. The minimum Gasteiger partial charge on any atom is -0.477 e. The van der Waals surface area contributed by atoms with Crippen LogP contribution in [0.2, 0.25) is 0 Å². The van der Waals surface area contributed by atoms with E-state index >= 15 is 0 Å². The molecule has 1 saturated carbocycles. The largest absolute Gasteiger partial charge is 0.477 e. The fourth-order valence-corrected chi connectivity index (χ4v) is 3.70. The molecule has 0 aromatic carbocycles. The van der Waals surface area contributed by atoms with Crippen LogP contribution >= 0.6 is 0 Å². The first-order valence-electron chi connectivity index (χ1n) is 9.00. The third-order valence-electron chi connectivity index (χ3n) is 5.48. The highest BCUT2D eigenvalue weighted by atomic mass is 19.1. The Balaban J connectivity index is 1.61. The number of likely N-dealkylation sites (tertiary alicyclic amines) is 1. The summed E-state index contributed by atoms with van der Waals surface area (Å²) in [5.74, 6) is -2.06. The Kier molecular flexibility index (Phi) is 5.61. The van der Waals surface area contributed by atoms with Crippen molar-refractivity contribution >= 4 is 17.9 Å². The maximum atomic E-state index is 13.0. The number of carbonyl (C=O) groups is 3. The number of amides is 3. The number of carbonyl (C=O) groups excluding carboxylic acids is 2. The van der Waals surface area contributed by atoms with Gasteiger partial charge in [0.15, 0.2) is 0 Å². The molecule has 3 aliphatic rings. The lowest BCUT2D eigenvalue weighted by molar-refractivity contribution is -0.170. The summed E-state index contributed by atoms with van der Waals surface area (Å²) in [7, 11) is 0. The van der Waals surface area contributed by atoms with E-state index in [1.54, 1.807) is 0 Å². The van der Waals surface area contributed by atoms with E-state index < -0.39 is 24.4 Å². The van der Waals surface area contributed by atoms with Gasteiger partial charge >= 0.3 is 18.4 Å². The number of hydroxylamine groups is 1. The Morgan fingerprint density at radius 2 is 1.88 bits per heavy atom. The molecular weight excluding hydrogens is 347 g/mol. The van der Waals surface area contributed by atoms with Gasteiger partial charge in [-0.15, -0.1) is 0 Å². The predicted molar refractivity (Wildman–Crippen MR) is 87.6 cm³/mol. The van der Waals surface area contributed by atoms with E-state index in [0.29, 0.717) is 13.0 Å². The van der Waals surface area contributed by atoms with Crippen molar-refractivity contribution in [2.24, 2.45) is 5.41 Å². The van der Waals surface area contributed by atoms with Crippen LogP contribution in [0.25, 0.3) is 0 Å². The third kappa shape index (κ3) is 4.42. The van der Waals surface area contributed by atoms with Crippen molar-refractivity contribution in [3.8, 4) is 0 Å². The van der Waals surface area contributed by atoms with Crippen molar-refractivity contribution in [3.63, 3.8) is 0 Å². The number of carboxylic acids is 1. The molecule has 2 saturated heterocycles. The van der Waals surface area contributed by atoms with Gasteiger partial charge in [-0.3, -0.25) is 4.79 Å². The number of nitrogens with one attached hydrogen (secondary N) is 3. The average Bonchev–Trinajstić information content (AvgIpc) is 3.38. The zero-order valence-corrected chi connectivity index (χ0v) is 14.5. The monoisotopic (exact) mass is 372 g/mol. The minimum absolute atomic E-state index is 0.0325. The highest BCUT2D eigenvalue weighted by molar-refractivity contribution is 5.87. The highest BCUT2D eigenvalue weighted by Gasteiger charge is 2.51. The molecule has 1 spiro atoms. The van der Waals surface area contributed by atoms with Crippen LogP contribution < -0.4 is 16.1 Å². The Morgan fingerprint density at radius 3 is 2.50 bits per heavy atom. The summed E-state index contributed by atoms with van der Waals surface area (Å²) in [6.07, 6.45) is 2.38. The number of aliphatic carboxylic acids is 1. The molecule has 2 heterocycles. The van der Waals surface area contributed by atoms with E-state index in [2.05, 4.69) is 15.5 Å². The maximum absolute atomic E-state index is 13.0. The van der Waals surface area contributed by atoms with Gasteiger partial charge in [0.1, 0.15) is 6.04 Å². The fourth-order valence-electron chi connectivity index (χ4n) is 3.70. The zero-order chi connectivity index (χ0) is 18.7. The lowest BCUT2D eigenvalue weighted by Crippen LogP contribution is -2.59. The number of alkyl halides is 1. The van der Waals surface area contributed by atoms with Crippen LogP contribution in [-0.2, 0) is 14.4 Å². The van der Waals surface area contributed by atoms with Crippen molar-refractivity contribution in [3.05, 3.63) is 0 Å². The van der Waals surface area contributed by atoms with E-state index in [0.717, 1.165) is 45.2 Å². The molecule has 0 aromatic rings. The van der Waals surface area contributed by atoms with E-state index in [4.69, 9.17) is 5.11 Å². The number of carboxylic acid groups (broad SMARTS) is 1. The van der Waals surface area contributed by atoms with Gasteiger partial charge < -0.3 is 20.6 Å². The molecule has 2 aliphatic heterocycles. The maximum Gasteiger partial charge on any atom is 0.368 e. The standard InChI is InChI=1S/C16H25FN4O5/c17-12(14(23)24)26-20-15(25)21-9-16(5-6-16)4-1-11(21)13(22)19-10-2-7-18-8-3-10/h10-12,18H,1-9H2,(H,19,22)(H,20,25)(H,23,24)/t11-,12?/m0/s1. The van der Waals surface area contributed by atoms with Crippen molar-refractivity contribution < 1.29 is 28.7 Å². The molecule has 1 unspecified atom stereocenters. The molecule has 10 heteroatoms.